The standard InChI is InChI=1S/C24H25ClN2O4S/c1-16-14-19(12-13-23(16)31-3)32(29,30)27-22(15-18-8-5-4-6-9-18)24(28)26-21-11-7-10-20(25)17(21)2/h4-14,22,27H,15H2,1-3H3,(H,26,28)/t22-/m1/s1. The Labute approximate surface area is 193 Å². The summed E-state index contributed by atoms with van der Waals surface area (Å²) >= 11 is 6.16. The number of carbonyl (C=O) groups is 1. The summed E-state index contributed by atoms with van der Waals surface area (Å²) in [7, 11) is -2.45. The predicted molar refractivity (Wildman–Crippen MR) is 127 cm³/mol. The first-order valence-electron chi connectivity index (χ1n) is 9.98. The minimum Gasteiger partial charge on any atom is -0.496 e. The van der Waals surface area contributed by atoms with E-state index in [2.05, 4.69) is 10.0 Å². The third-order valence-corrected chi connectivity index (χ3v) is 6.98. The molecule has 1 amide bonds. The highest BCUT2D eigenvalue weighted by atomic mass is 35.5. The van der Waals surface area contributed by atoms with Gasteiger partial charge < -0.3 is 10.1 Å². The summed E-state index contributed by atoms with van der Waals surface area (Å²) in [5.74, 6) is 0.104. The van der Waals surface area contributed by atoms with Gasteiger partial charge in [0.15, 0.2) is 0 Å². The number of methoxy groups -OCH3 is 1. The molecule has 0 aliphatic carbocycles. The Kier molecular flexibility index (Phi) is 7.56. The van der Waals surface area contributed by atoms with Crippen LogP contribution >= 0.6 is 11.6 Å². The van der Waals surface area contributed by atoms with Crippen molar-refractivity contribution in [2.75, 3.05) is 12.4 Å². The molecule has 0 aliphatic rings. The summed E-state index contributed by atoms with van der Waals surface area (Å²) in [5, 5.41) is 3.32. The number of sulfonamides is 1. The molecule has 0 aromatic heterocycles. The molecular formula is C24H25ClN2O4S. The number of benzene rings is 3. The van der Waals surface area contributed by atoms with Gasteiger partial charge >= 0.3 is 0 Å². The lowest BCUT2D eigenvalue weighted by atomic mass is 10.1. The SMILES string of the molecule is COc1ccc(S(=O)(=O)N[C@H](Cc2ccccc2)C(=O)Nc2cccc(Cl)c2C)cc1C. The van der Waals surface area contributed by atoms with Gasteiger partial charge in [-0.05, 0) is 67.3 Å². The van der Waals surface area contributed by atoms with Crippen LogP contribution in [0.2, 0.25) is 5.02 Å². The van der Waals surface area contributed by atoms with Crippen LogP contribution in [0.1, 0.15) is 16.7 Å². The van der Waals surface area contributed by atoms with Gasteiger partial charge in [-0.15, -0.1) is 0 Å². The molecule has 0 saturated carbocycles. The minimum atomic E-state index is -3.98. The van der Waals surface area contributed by atoms with Crippen molar-refractivity contribution in [1.29, 1.82) is 0 Å². The van der Waals surface area contributed by atoms with Crippen LogP contribution in [0.4, 0.5) is 5.69 Å². The van der Waals surface area contributed by atoms with E-state index in [4.69, 9.17) is 16.3 Å². The van der Waals surface area contributed by atoms with E-state index in [1.807, 2.05) is 30.3 Å². The van der Waals surface area contributed by atoms with Gasteiger partial charge in [0.1, 0.15) is 11.8 Å². The van der Waals surface area contributed by atoms with E-state index in [-0.39, 0.29) is 11.3 Å². The fourth-order valence-corrected chi connectivity index (χ4v) is 4.73. The van der Waals surface area contributed by atoms with Crippen molar-refractivity contribution >= 4 is 33.2 Å². The van der Waals surface area contributed by atoms with Gasteiger partial charge in [-0.3, -0.25) is 4.79 Å². The third kappa shape index (κ3) is 5.68. The molecule has 3 aromatic rings. The first kappa shape index (κ1) is 23.8. The number of amides is 1. The number of aryl methyl sites for hydroxylation is 1. The van der Waals surface area contributed by atoms with Crippen molar-refractivity contribution in [3.8, 4) is 5.75 Å². The molecule has 0 radical (unpaired) electrons. The molecule has 1 atom stereocenters. The van der Waals surface area contributed by atoms with Crippen molar-refractivity contribution < 1.29 is 17.9 Å². The molecule has 0 unspecified atom stereocenters. The molecule has 0 spiro atoms. The van der Waals surface area contributed by atoms with E-state index >= 15 is 0 Å². The van der Waals surface area contributed by atoms with Crippen LogP contribution in [-0.4, -0.2) is 27.5 Å². The highest BCUT2D eigenvalue weighted by molar-refractivity contribution is 7.89. The topological polar surface area (TPSA) is 84.5 Å². The Morgan fingerprint density at radius 1 is 1.03 bits per heavy atom. The zero-order chi connectivity index (χ0) is 23.3. The molecular weight excluding hydrogens is 448 g/mol. The second-order valence-electron chi connectivity index (χ2n) is 7.40. The number of nitrogens with one attached hydrogen (secondary N) is 2. The minimum absolute atomic E-state index is 0.0561. The first-order valence-corrected chi connectivity index (χ1v) is 11.8. The normalized spacial score (nSPS) is 12.2. The molecule has 168 valence electrons. The molecule has 0 bridgehead atoms. The Morgan fingerprint density at radius 2 is 1.75 bits per heavy atom. The van der Waals surface area contributed by atoms with Crippen LogP contribution in [-0.2, 0) is 21.2 Å². The van der Waals surface area contributed by atoms with Crippen LogP contribution in [0.5, 0.6) is 5.75 Å². The number of halogens is 1. The number of ether oxygens (including phenoxy) is 1. The van der Waals surface area contributed by atoms with E-state index in [9.17, 15) is 13.2 Å². The molecule has 6 nitrogen and oxygen atoms in total. The maximum Gasteiger partial charge on any atom is 0.242 e. The maximum atomic E-state index is 13.2. The maximum absolute atomic E-state index is 13.2. The number of hydrogen-bond acceptors (Lipinski definition) is 4. The Balaban J connectivity index is 1.90. The van der Waals surface area contributed by atoms with Crippen LogP contribution in [0.15, 0.2) is 71.6 Å². The molecule has 0 saturated heterocycles. The lowest BCUT2D eigenvalue weighted by Gasteiger charge is -2.20. The summed E-state index contributed by atoms with van der Waals surface area (Å²) < 4.78 is 34.0. The first-order chi connectivity index (χ1) is 15.2. The summed E-state index contributed by atoms with van der Waals surface area (Å²) in [4.78, 5) is 13.2. The summed E-state index contributed by atoms with van der Waals surface area (Å²) in [5.41, 5.74) is 2.73. The summed E-state index contributed by atoms with van der Waals surface area (Å²) in [6, 6.07) is 17.9. The average Bonchev–Trinajstić information content (AvgIpc) is 2.77. The Hall–Kier alpha value is -2.87. The summed E-state index contributed by atoms with van der Waals surface area (Å²) in [6.07, 6.45) is 0.181. The van der Waals surface area contributed by atoms with Gasteiger partial charge in [0.2, 0.25) is 15.9 Å². The van der Waals surface area contributed by atoms with Gasteiger partial charge in [-0.25, -0.2) is 8.42 Å². The van der Waals surface area contributed by atoms with E-state index in [1.165, 1.54) is 19.2 Å². The van der Waals surface area contributed by atoms with E-state index < -0.39 is 22.0 Å². The number of hydrogen-bond donors (Lipinski definition) is 2. The number of anilines is 1. The fraction of sp³-hybridized carbons (Fsp3) is 0.208. The van der Waals surface area contributed by atoms with Crippen molar-refractivity contribution in [3.05, 3.63) is 88.4 Å². The zero-order valence-corrected chi connectivity index (χ0v) is 19.6. The second-order valence-corrected chi connectivity index (χ2v) is 9.52. The lowest BCUT2D eigenvalue weighted by Crippen LogP contribution is -2.45. The highest BCUT2D eigenvalue weighted by Gasteiger charge is 2.27. The number of carbonyl (C=O) groups excluding carboxylic acids is 1. The third-order valence-electron chi connectivity index (χ3n) is 5.10. The van der Waals surface area contributed by atoms with Gasteiger partial charge in [-0.1, -0.05) is 48.0 Å². The molecule has 2 N–H and O–H groups in total. The van der Waals surface area contributed by atoms with Gasteiger partial charge in [0.25, 0.3) is 0 Å². The molecule has 0 aliphatic heterocycles. The Morgan fingerprint density at radius 3 is 2.41 bits per heavy atom. The molecule has 32 heavy (non-hydrogen) atoms. The zero-order valence-electron chi connectivity index (χ0n) is 18.1. The monoisotopic (exact) mass is 472 g/mol. The summed E-state index contributed by atoms with van der Waals surface area (Å²) in [6.45, 7) is 3.54. The molecule has 0 heterocycles. The molecule has 8 heteroatoms. The van der Waals surface area contributed by atoms with Crippen LogP contribution in [0.3, 0.4) is 0 Å². The largest absolute Gasteiger partial charge is 0.496 e. The number of rotatable bonds is 8. The highest BCUT2D eigenvalue weighted by Crippen LogP contribution is 2.24. The molecule has 0 fully saturated rings. The van der Waals surface area contributed by atoms with E-state index in [0.29, 0.717) is 27.6 Å². The van der Waals surface area contributed by atoms with Crippen molar-refractivity contribution in [3.63, 3.8) is 0 Å². The Bertz CT molecular complexity index is 1210. The molecule has 3 rings (SSSR count). The lowest BCUT2D eigenvalue weighted by molar-refractivity contribution is -0.117. The van der Waals surface area contributed by atoms with Crippen molar-refractivity contribution in [2.24, 2.45) is 0 Å². The second kappa shape index (κ2) is 10.2. The van der Waals surface area contributed by atoms with E-state index in [0.717, 1.165) is 5.56 Å². The van der Waals surface area contributed by atoms with Crippen molar-refractivity contribution in [2.45, 2.75) is 31.2 Å². The van der Waals surface area contributed by atoms with Crippen molar-refractivity contribution in [1.82, 2.24) is 4.72 Å². The average molecular weight is 473 g/mol. The van der Waals surface area contributed by atoms with Gasteiger partial charge in [0.05, 0.1) is 12.0 Å². The van der Waals surface area contributed by atoms with Crippen LogP contribution in [0, 0.1) is 13.8 Å². The molecule has 3 aromatic carbocycles. The smallest absolute Gasteiger partial charge is 0.242 e. The van der Waals surface area contributed by atoms with Crippen LogP contribution < -0.4 is 14.8 Å². The van der Waals surface area contributed by atoms with Gasteiger partial charge in [-0.2, -0.15) is 4.72 Å². The van der Waals surface area contributed by atoms with Gasteiger partial charge in [0, 0.05) is 10.7 Å². The quantitative estimate of drug-likeness (QED) is 0.505. The van der Waals surface area contributed by atoms with E-state index in [1.54, 1.807) is 38.1 Å². The van der Waals surface area contributed by atoms with Crippen LogP contribution in [0.25, 0.3) is 0 Å². The predicted octanol–water partition coefficient (Wildman–Crippen LogP) is 4.49. The fourth-order valence-electron chi connectivity index (χ4n) is 3.27.